The second-order valence-corrected chi connectivity index (χ2v) is 6.30. The molecule has 2 amide bonds. The van der Waals surface area contributed by atoms with Gasteiger partial charge >= 0.3 is 6.03 Å². The van der Waals surface area contributed by atoms with Crippen molar-refractivity contribution in [1.82, 2.24) is 10.2 Å². The van der Waals surface area contributed by atoms with E-state index in [1.807, 2.05) is 0 Å². The zero-order valence-corrected chi connectivity index (χ0v) is 12.4. The molecule has 2 N–H and O–H groups in total. The first-order chi connectivity index (χ1) is 10.4. The first-order valence-electron chi connectivity index (χ1n) is 7.57. The Labute approximate surface area is 128 Å². The highest BCUT2D eigenvalue weighted by Crippen LogP contribution is 2.34. The Morgan fingerprint density at radius 1 is 1.27 bits per heavy atom. The van der Waals surface area contributed by atoms with Gasteiger partial charge in [0.2, 0.25) is 0 Å². The second kappa shape index (κ2) is 5.66. The standard InChI is InChI=1S/C16H19F2N3O/c1-9-4-13(5-9)20-16(22)21-14(2-3-15(21)19)10-6-11(17)8-12(18)7-10/h6-9,13-14,19H,2-5H2,1H3,(H,20,22). The van der Waals surface area contributed by atoms with Crippen LogP contribution in [0.2, 0.25) is 0 Å². The number of carbonyl (C=O) groups is 1. The van der Waals surface area contributed by atoms with Gasteiger partial charge in [0.25, 0.3) is 0 Å². The van der Waals surface area contributed by atoms with E-state index < -0.39 is 17.7 Å². The fourth-order valence-electron chi connectivity index (χ4n) is 3.32. The highest BCUT2D eigenvalue weighted by atomic mass is 19.1. The van der Waals surface area contributed by atoms with Crippen LogP contribution in [0.1, 0.15) is 44.2 Å². The lowest BCUT2D eigenvalue weighted by molar-refractivity contribution is 0.186. The van der Waals surface area contributed by atoms with Crippen LogP contribution < -0.4 is 5.32 Å². The van der Waals surface area contributed by atoms with Gasteiger partial charge in [-0.05, 0) is 42.9 Å². The summed E-state index contributed by atoms with van der Waals surface area (Å²) in [7, 11) is 0. The lowest BCUT2D eigenvalue weighted by atomic mass is 9.82. The van der Waals surface area contributed by atoms with E-state index in [1.54, 1.807) is 0 Å². The zero-order valence-electron chi connectivity index (χ0n) is 12.4. The Hall–Kier alpha value is -1.98. The third kappa shape index (κ3) is 2.82. The van der Waals surface area contributed by atoms with Gasteiger partial charge < -0.3 is 5.32 Å². The molecule has 0 aromatic heterocycles. The van der Waals surface area contributed by atoms with Crippen LogP contribution in [0, 0.1) is 23.0 Å². The largest absolute Gasteiger partial charge is 0.335 e. The number of carbonyl (C=O) groups excluding carboxylic acids is 1. The maximum atomic E-state index is 13.4. The van der Waals surface area contributed by atoms with Gasteiger partial charge in [-0.2, -0.15) is 0 Å². The fourth-order valence-corrected chi connectivity index (χ4v) is 3.32. The molecule has 1 aliphatic carbocycles. The molecule has 1 aromatic carbocycles. The van der Waals surface area contributed by atoms with Crippen LogP contribution >= 0.6 is 0 Å². The summed E-state index contributed by atoms with van der Waals surface area (Å²) in [4.78, 5) is 13.7. The van der Waals surface area contributed by atoms with E-state index in [1.165, 1.54) is 17.0 Å². The predicted molar refractivity (Wildman–Crippen MR) is 78.6 cm³/mol. The summed E-state index contributed by atoms with van der Waals surface area (Å²) in [6.07, 6.45) is 2.81. The molecule has 1 saturated carbocycles. The number of halogens is 2. The molecule has 1 atom stereocenters. The van der Waals surface area contributed by atoms with Crippen molar-refractivity contribution in [2.75, 3.05) is 0 Å². The van der Waals surface area contributed by atoms with Crippen molar-refractivity contribution in [2.24, 2.45) is 5.92 Å². The van der Waals surface area contributed by atoms with Crippen LogP contribution in [0.15, 0.2) is 18.2 Å². The van der Waals surface area contributed by atoms with E-state index in [0.29, 0.717) is 24.3 Å². The molecule has 2 aliphatic rings. The molecule has 0 spiro atoms. The number of urea groups is 1. The molecule has 1 saturated heterocycles. The Morgan fingerprint density at radius 3 is 2.50 bits per heavy atom. The molecule has 118 valence electrons. The summed E-state index contributed by atoms with van der Waals surface area (Å²) in [6, 6.07) is 2.60. The number of rotatable bonds is 2. The molecule has 4 nitrogen and oxygen atoms in total. The summed E-state index contributed by atoms with van der Waals surface area (Å²) in [5.74, 6) is -0.529. The summed E-state index contributed by atoms with van der Waals surface area (Å²) in [5.41, 5.74) is 0.400. The zero-order chi connectivity index (χ0) is 15.9. The molecule has 6 heteroatoms. The molecule has 1 unspecified atom stereocenters. The van der Waals surface area contributed by atoms with E-state index in [9.17, 15) is 13.6 Å². The van der Waals surface area contributed by atoms with E-state index in [0.717, 1.165) is 18.9 Å². The predicted octanol–water partition coefficient (Wildman–Crippen LogP) is 3.59. The number of hydrogen-bond donors (Lipinski definition) is 2. The SMILES string of the molecule is CC1CC(NC(=O)N2C(=N)CCC2c2cc(F)cc(F)c2)C1. The average Bonchev–Trinajstić information content (AvgIpc) is 2.77. The van der Waals surface area contributed by atoms with Crippen LogP contribution in [0.3, 0.4) is 0 Å². The number of amides is 2. The molecule has 22 heavy (non-hydrogen) atoms. The minimum atomic E-state index is -0.665. The van der Waals surface area contributed by atoms with Crippen LogP contribution in [0.5, 0.6) is 0 Å². The summed E-state index contributed by atoms with van der Waals surface area (Å²) in [5, 5.41) is 10.9. The maximum absolute atomic E-state index is 13.4. The third-order valence-corrected chi connectivity index (χ3v) is 4.45. The number of nitrogens with zero attached hydrogens (tertiary/aromatic N) is 1. The van der Waals surface area contributed by atoms with Crippen molar-refractivity contribution >= 4 is 11.9 Å². The van der Waals surface area contributed by atoms with Crippen LogP contribution in [0.25, 0.3) is 0 Å². The molecular weight excluding hydrogens is 288 g/mol. The van der Waals surface area contributed by atoms with Crippen molar-refractivity contribution in [1.29, 1.82) is 5.41 Å². The van der Waals surface area contributed by atoms with E-state index >= 15 is 0 Å². The Balaban J connectivity index is 1.78. The van der Waals surface area contributed by atoms with Crippen molar-refractivity contribution in [3.63, 3.8) is 0 Å². The molecule has 1 aromatic rings. The van der Waals surface area contributed by atoms with Gasteiger partial charge in [-0.1, -0.05) is 6.92 Å². The monoisotopic (exact) mass is 307 g/mol. The number of hydrogen-bond acceptors (Lipinski definition) is 2. The van der Waals surface area contributed by atoms with Crippen molar-refractivity contribution in [2.45, 2.75) is 44.7 Å². The smallest absolute Gasteiger partial charge is 0.323 e. The first-order valence-corrected chi connectivity index (χ1v) is 7.57. The molecule has 0 bridgehead atoms. The Kier molecular flexibility index (Phi) is 3.85. The topological polar surface area (TPSA) is 56.2 Å². The molecule has 1 aliphatic heterocycles. The van der Waals surface area contributed by atoms with Crippen LogP contribution in [0.4, 0.5) is 13.6 Å². The van der Waals surface area contributed by atoms with E-state index in [-0.39, 0.29) is 17.9 Å². The molecule has 1 heterocycles. The van der Waals surface area contributed by atoms with Crippen molar-refractivity contribution in [3.8, 4) is 0 Å². The van der Waals surface area contributed by atoms with Crippen LogP contribution in [-0.2, 0) is 0 Å². The normalized spacial score (nSPS) is 27.7. The van der Waals surface area contributed by atoms with E-state index in [2.05, 4.69) is 12.2 Å². The summed E-state index contributed by atoms with van der Waals surface area (Å²) in [6.45, 7) is 2.12. The minimum absolute atomic E-state index is 0.140. The van der Waals surface area contributed by atoms with E-state index in [4.69, 9.17) is 5.41 Å². The van der Waals surface area contributed by atoms with Gasteiger partial charge in [-0.3, -0.25) is 10.3 Å². The van der Waals surface area contributed by atoms with Gasteiger partial charge in [0.15, 0.2) is 0 Å². The maximum Gasteiger partial charge on any atom is 0.323 e. The van der Waals surface area contributed by atoms with Gasteiger partial charge in [0.05, 0.1) is 6.04 Å². The molecule has 2 fully saturated rings. The van der Waals surface area contributed by atoms with Gasteiger partial charge in [0, 0.05) is 18.5 Å². The number of amidine groups is 1. The number of likely N-dealkylation sites (tertiary alicyclic amines) is 1. The molecular formula is C16H19F2N3O. The van der Waals surface area contributed by atoms with Crippen molar-refractivity contribution in [3.05, 3.63) is 35.4 Å². The third-order valence-electron chi connectivity index (χ3n) is 4.45. The minimum Gasteiger partial charge on any atom is -0.335 e. The second-order valence-electron chi connectivity index (χ2n) is 6.30. The first kappa shape index (κ1) is 14.9. The highest BCUT2D eigenvalue weighted by Gasteiger charge is 2.37. The lowest BCUT2D eigenvalue weighted by Gasteiger charge is -2.35. The van der Waals surface area contributed by atoms with Gasteiger partial charge in [-0.25, -0.2) is 13.6 Å². The summed E-state index contributed by atoms with van der Waals surface area (Å²) < 4.78 is 26.8. The lowest BCUT2D eigenvalue weighted by Crippen LogP contribution is -2.50. The molecule has 3 rings (SSSR count). The fraction of sp³-hybridized carbons (Fsp3) is 0.500. The Bertz CT molecular complexity index is 593. The van der Waals surface area contributed by atoms with Crippen molar-refractivity contribution < 1.29 is 13.6 Å². The van der Waals surface area contributed by atoms with Gasteiger partial charge in [-0.15, -0.1) is 0 Å². The molecule has 0 radical (unpaired) electrons. The average molecular weight is 307 g/mol. The quantitative estimate of drug-likeness (QED) is 0.862. The Morgan fingerprint density at radius 2 is 1.91 bits per heavy atom. The number of benzene rings is 1. The summed E-state index contributed by atoms with van der Waals surface area (Å²) >= 11 is 0. The van der Waals surface area contributed by atoms with Crippen LogP contribution in [-0.4, -0.2) is 22.8 Å². The number of nitrogens with one attached hydrogen (secondary N) is 2. The highest BCUT2D eigenvalue weighted by molar-refractivity contribution is 5.98. The van der Waals surface area contributed by atoms with Gasteiger partial charge in [0.1, 0.15) is 17.5 Å².